The van der Waals surface area contributed by atoms with Gasteiger partial charge in [-0.05, 0) is 25.2 Å². The first-order valence-electron chi connectivity index (χ1n) is 6.97. The van der Waals surface area contributed by atoms with E-state index in [1.807, 2.05) is 0 Å². The third-order valence-electron chi connectivity index (χ3n) is 3.56. The summed E-state index contributed by atoms with van der Waals surface area (Å²) in [5.41, 5.74) is 0. The topological polar surface area (TPSA) is 87.7 Å². The van der Waals surface area contributed by atoms with E-state index in [2.05, 4.69) is 19.9 Å². The maximum Gasteiger partial charge on any atom is 0.211 e. The van der Waals surface area contributed by atoms with E-state index in [1.54, 1.807) is 0 Å². The second-order valence-corrected chi connectivity index (χ2v) is 7.07. The molecule has 1 saturated carbocycles. The zero-order chi connectivity index (χ0) is 13.6. The molecule has 0 aliphatic heterocycles. The smallest absolute Gasteiger partial charge is 0.211 e. The highest BCUT2D eigenvalue weighted by molar-refractivity contribution is 7.89. The Hall–Kier alpha value is -0.950. The van der Waals surface area contributed by atoms with Crippen LogP contribution in [0.3, 0.4) is 0 Å². The van der Waals surface area contributed by atoms with Crippen LogP contribution >= 0.6 is 0 Å². The summed E-state index contributed by atoms with van der Waals surface area (Å²) in [5.74, 6) is 1.43. The fraction of sp³-hybridized carbons (Fsp3) is 0.833. The van der Waals surface area contributed by atoms with Crippen LogP contribution in [0, 0.1) is 5.92 Å². The van der Waals surface area contributed by atoms with Crippen LogP contribution in [-0.2, 0) is 16.4 Å². The Bertz CT molecular complexity index is 452. The van der Waals surface area contributed by atoms with Gasteiger partial charge in [0.05, 0.1) is 5.75 Å². The van der Waals surface area contributed by atoms with Crippen molar-refractivity contribution in [3.05, 3.63) is 12.2 Å². The zero-order valence-corrected chi connectivity index (χ0v) is 12.0. The molecule has 0 aromatic carbocycles. The quantitative estimate of drug-likeness (QED) is 0.738. The number of aryl methyl sites for hydroxylation is 1. The van der Waals surface area contributed by atoms with Gasteiger partial charge in [0, 0.05) is 13.0 Å². The molecule has 0 radical (unpaired) electrons. The van der Waals surface area contributed by atoms with Gasteiger partial charge in [0.2, 0.25) is 10.0 Å². The average molecular weight is 286 g/mol. The maximum atomic E-state index is 11.9. The predicted molar refractivity (Wildman–Crippen MR) is 73.1 cm³/mol. The van der Waals surface area contributed by atoms with Gasteiger partial charge < -0.3 is 0 Å². The Morgan fingerprint density at radius 2 is 2.11 bits per heavy atom. The molecule has 0 unspecified atom stereocenters. The molecule has 6 nitrogen and oxygen atoms in total. The molecule has 1 aliphatic rings. The third-order valence-corrected chi connectivity index (χ3v) is 5.11. The number of nitrogens with one attached hydrogen (secondary N) is 2. The van der Waals surface area contributed by atoms with Crippen LogP contribution in [0.25, 0.3) is 0 Å². The molecule has 19 heavy (non-hydrogen) atoms. The van der Waals surface area contributed by atoms with Crippen LogP contribution in [0.5, 0.6) is 0 Å². The van der Waals surface area contributed by atoms with E-state index < -0.39 is 10.0 Å². The fourth-order valence-electron chi connectivity index (χ4n) is 2.56. The van der Waals surface area contributed by atoms with Gasteiger partial charge in [-0.15, -0.1) is 0 Å². The number of hydrogen-bond donors (Lipinski definition) is 2. The van der Waals surface area contributed by atoms with Crippen molar-refractivity contribution in [2.45, 2.75) is 44.9 Å². The highest BCUT2D eigenvalue weighted by Crippen LogP contribution is 2.24. The van der Waals surface area contributed by atoms with E-state index in [4.69, 9.17) is 0 Å². The zero-order valence-electron chi connectivity index (χ0n) is 11.1. The first-order valence-corrected chi connectivity index (χ1v) is 8.62. The summed E-state index contributed by atoms with van der Waals surface area (Å²) in [5, 5.41) is 6.51. The fourth-order valence-corrected chi connectivity index (χ4v) is 4.08. The maximum absolute atomic E-state index is 11.9. The van der Waals surface area contributed by atoms with Crippen molar-refractivity contribution in [1.82, 2.24) is 19.9 Å². The van der Waals surface area contributed by atoms with Crippen LogP contribution < -0.4 is 4.72 Å². The highest BCUT2D eigenvalue weighted by Gasteiger charge is 2.20. The van der Waals surface area contributed by atoms with E-state index in [0.717, 1.165) is 25.1 Å². The third kappa shape index (κ3) is 5.28. The molecule has 0 saturated heterocycles. The van der Waals surface area contributed by atoms with Crippen molar-refractivity contribution in [2.75, 3.05) is 12.3 Å². The van der Waals surface area contributed by atoms with Gasteiger partial charge >= 0.3 is 0 Å². The molecule has 1 fully saturated rings. The largest absolute Gasteiger partial charge is 0.263 e. The van der Waals surface area contributed by atoms with Crippen LogP contribution in [0.15, 0.2) is 6.33 Å². The van der Waals surface area contributed by atoms with E-state index >= 15 is 0 Å². The van der Waals surface area contributed by atoms with Crippen molar-refractivity contribution >= 4 is 10.0 Å². The molecule has 1 aromatic rings. The number of nitrogens with zero attached hydrogens (tertiary/aromatic N) is 2. The van der Waals surface area contributed by atoms with Gasteiger partial charge in [0.15, 0.2) is 0 Å². The lowest BCUT2D eigenvalue weighted by molar-refractivity contribution is 0.384. The summed E-state index contributed by atoms with van der Waals surface area (Å²) < 4.78 is 26.5. The van der Waals surface area contributed by atoms with Crippen LogP contribution in [0.1, 0.15) is 44.3 Å². The SMILES string of the molecule is O=S(=O)(CC1CCCCC1)NCCCc1ncn[nH]1. The molecule has 1 heterocycles. The Labute approximate surface area is 114 Å². The van der Waals surface area contributed by atoms with E-state index in [9.17, 15) is 8.42 Å². The first-order chi connectivity index (χ1) is 9.16. The highest BCUT2D eigenvalue weighted by atomic mass is 32.2. The van der Waals surface area contributed by atoms with Gasteiger partial charge in [-0.1, -0.05) is 19.3 Å². The van der Waals surface area contributed by atoms with Crippen molar-refractivity contribution in [2.24, 2.45) is 5.92 Å². The first kappa shape index (κ1) is 14.5. The number of aromatic amines is 1. The molecule has 2 N–H and O–H groups in total. The summed E-state index contributed by atoms with van der Waals surface area (Å²) >= 11 is 0. The van der Waals surface area contributed by atoms with Crippen molar-refractivity contribution in [1.29, 1.82) is 0 Å². The lowest BCUT2D eigenvalue weighted by Crippen LogP contribution is -2.31. The predicted octanol–water partition coefficient (Wildman–Crippen LogP) is 1.24. The minimum atomic E-state index is -3.12. The second-order valence-electron chi connectivity index (χ2n) is 5.22. The molecule has 0 bridgehead atoms. The van der Waals surface area contributed by atoms with E-state index in [-0.39, 0.29) is 5.75 Å². The molecule has 7 heteroatoms. The van der Waals surface area contributed by atoms with Crippen LogP contribution in [0.2, 0.25) is 0 Å². The second kappa shape index (κ2) is 7.00. The van der Waals surface area contributed by atoms with Gasteiger partial charge in [-0.25, -0.2) is 18.1 Å². The summed E-state index contributed by atoms with van der Waals surface area (Å²) in [4.78, 5) is 4.00. The molecular formula is C12H22N4O2S. The van der Waals surface area contributed by atoms with Gasteiger partial charge in [0.1, 0.15) is 12.2 Å². The molecule has 0 spiro atoms. The number of rotatable bonds is 7. The Kier molecular flexibility index (Phi) is 5.33. The van der Waals surface area contributed by atoms with Gasteiger partial charge in [-0.2, -0.15) is 5.10 Å². The van der Waals surface area contributed by atoms with Gasteiger partial charge in [0.25, 0.3) is 0 Å². The van der Waals surface area contributed by atoms with Crippen LogP contribution in [-0.4, -0.2) is 35.9 Å². The monoisotopic (exact) mass is 286 g/mol. The molecule has 0 atom stereocenters. The molecule has 1 aliphatic carbocycles. The summed E-state index contributed by atoms with van der Waals surface area (Å²) in [6.07, 6.45) is 8.62. The van der Waals surface area contributed by atoms with Crippen molar-refractivity contribution in [3.8, 4) is 0 Å². The molecule has 0 amide bonds. The molecular weight excluding hydrogens is 264 g/mol. The average Bonchev–Trinajstić information content (AvgIpc) is 2.88. The molecule has 1 aromatic heterocycles. The Morgan fingerprint density at radius 1 is 1.32 bits per heavy atom. The number of aromatic nitrogens is 3. The van der Waals surface area contributed by atoms with E-state index in [1.165, 1.54) is 25.6 Å². The van der Waals surface area contributed by atoms with Crippen molar-refractivity contribution in [3.63, 3.8) is 0 Å². The van der Waals surface area contributed by atoms with E-state index in [0.29, 0.717) is 18.9 Å². The minimum absolute atomic E-state index is 0.287. The molecule has 108 valence electrons. The number of H-pyrrole nitrogens is 1. The number of sulfonamides is 1. The lowest BCUT2D eigenvalue weighted by Gasteiger charge is -2.21. The Morgan fingerprint density at radius 3 is 2.79 bits per heavy atom. The summed E-state index contributed by atoms with van der Waals surface area (Å²) in [6, 6.07) is 0. The minimum Gasteiger partial charge on any atom is -0.263 e. The van der Waals surface area contributed by atoms with Crippen LogP contribution in [0.4, 0.5) is 0 Å². The standard InChI is InChI=1S/C12H22N4O2S/c17-19(18,9-11-5-2-1-3-6-11)15-8-4-7-12-13-10-14-16-12/h10-11,15H,1-9H2,(H,13,14,16). The summed E-state index contributed by atoms with van der Waals surface area (Å²) in [7, 11) is -3.12. The normalized spacial score (nSPS) is 17.7. The Balaban J connectivity index is 1.65. The number of hydrogen-bond acceptors (Lipinski definition) is 4. The van der Waals surface area contributed by atoms with Crippen molar-refractivity contribution < 1.29 is 8.42 Å². The van der Waals surface area contributed by atoms with Gasteiger partial charge in [-0.3, -0.25) is 5.10 Å². The lowest BCUT2D eigenvalue weighted by atomic mass is 9.91. The molecule has 2 rings (SSSR count). The summed E-state index contributed by atoms with van der Waals surface area (Å²) in [6.45, 7) is 0.468.